The first-order valence-corrected chi connectivity index (χ1v) is 9.42. The molecule has 1 aliphatic rings. The molecule has 3 aromatic rings. The van der Waals surface area contributed by atoms with Gasteiger partial charge in [0, 0.05) is 11.0 Å². The number of carbonyl (C=O) groups excluding carboxylic acids is 1. The lowest BCUT2D eigenvalue weighted by Gasteiger charge is -2.13. The maximum Gasteiger partial charge on any atom is 0.256 e. The summed E-state index contributed by atoms with van der Waals surface area (Å²) < 4.78 is 11.5. The molecule has 2 N–H and O–H groups in total. The number of carbonyl (C=O) groups is 1. The number of hydrogen-bond acceptors (Lipinski definition) is 7. The highest BCUT2D eigenvalue weighted by molar-refractivity contribution is 6.10. The van der Waals surface area contributed by atoms with Crippen LogP contribution in [-0.4, -0.2) is 26.4 Å². The molecular weight excluding hydrogens is 358 g/mol. The standard InChI is InChI=1S/C20H25N5O3/c1-11-14(17(26)22-9-13-21-8-12(28-13)19(2,3)4)15-16(25-20(5)6-7-20)23-10-24-18(15)27-11/h8,10H,6-7,9H2,1-5H3,(H,22,26)(H,23,24,25). The van der Waals surface area contributed by atoms with Crippen LogP contribution in [0.25, 0.3) is 11.1 Å². The van der Waals surface area contributed by atoms with Crippen LogP contribution in [0.5, 0.6) is 0 Å². The molecule has 28 heavy (non-hydrogen) atoms. The molecule has 0 atom stereocenters. The van der Waals surface area contributed by atoms with Gasteiger partial charge >= 0.3 is 0 Å². The maximum atomic E-state index is 12.9. The lowest BCUT2D eigenvalue weighted by molar-refractivity contribution is 0.0947. The van der Waals surface area contributed by atoms with Crippen LogP contribution in [-0.2, 0) is 12.0 Å². The molecule has 1 saturated carbocycles. The number of nitrogens with zero attached hydrogens (tertiary/aromatic N) is 3. The van der Waals surface area contributed by atoms with Crippen molar-refractivity contribution in [3.8, 4) is 0 Å². The minimum absolute atomic E-state index is 0.0155. The van der Waals surface area contributed by atoms with Crippen LogP contribution in [0.15, 0.2) is 21.4 Å². The predicted molar refractivity (Wildman–Crippen MR) is 104 cm³/mol. The molecule has 4 rings (SSSR count). The molecule has 1 aliphatic carbocycles. The zero-order chi connectivity index (χ0) is 20.1. The number of nitrogens with one attached hydrogen (secondary N) is 2. The van der Waals surface area contributed by atoms with Gasteiger partial charge in [0.1, 0.15) is 23.7 Å². The van der Waals surface area contributed by atoms with Gasteiger partial charge in [-0.2, -0.15) is 0 Å². The Bertz CT molecular complexity index is 1040. The van der Waals surface area contributed by atoms with E-state index in [1.807, 2.05) is 20.8 Å². The van der Waals surface area contributed by atoms with Gasteiger partial charge in [0.15, 0.2) is 0 Å². The summed E-state index contributed by atoms with van der Waals surface area (Å²) >= 11 is 0. The van der Waals surface area contributed by atoms with Gasteiger partial charge in [-0.25, -0.2) is 15.0 Å². The van der Waals surface area contributed by atoms with Gasteiger partial charge in [0.25, 0.3) is 5.91 Å². The van der Waals surface area contributed by atoms with Gasteiger partial charge in [0.05, 0.1) is 23.7 Å². The van der Waals surface area contributed by atoms with Crippen molar-refractivity contribution in [2.75, 3.05) is 5.32 Å². The summed E-state index contributed by atoms with van der Waals surface area (Å²) in [5.74, 6) is 2.09. The predicted octanol–water partition coefficient (Wildman–Crippen LogP) is 3.71. The quantitative estimate of drug-likeness (QED) is 0.692. The Balaban J connectivity index is 1.58. The molecule has 8 heteroatoms. The van der Waals surface area contributed by atoms with Crippen molar-refractivity contribution < 1.29 is 13.6 Å². The lowest BCUT2D eigenvalue weighted by atomic mass is 9.94. The van der Waals surface area contributed by atoms with Gasteiger partial charge < -0.3 is 19.5 Å². The first-order chi connectivity index (χ1) is 13.2. The highest BCUT2D eigenvalue weighted by Gasteiger charge is 2.38. The second-order valence-electron chi connectivity index (χ2n) is 8.67. The Morgan fingerprint density at radius 3 is 2.61 bits per heavy atom. The van der Waals surface area contributed by atoms with Crippen molar-refractivity contribution in [2.24, 2.45) is 0 Å². The maximum absolute atomic E-state index is 12.9. The zero-order valence-electron chi connectivity index (χ0n) is 16.8. The molecule has 0 aliphatic heterocycles. The summed E-state index contributed by atoms with van der Waals surface area (Å²) in [6.45, 7) is 10.2. The van der Waals surface area contributed by atoms with Crippen molar-refractivity contribution >= 4 is 22.8 Å². The molecule has 3 aromatic heterocycles. The third-order valence-electron chi connectivity index (χ3n) is 5.00. The fourth-order valence-electron chi connectivity index (χ4n) is 2.99. The Morgan fingerprint density at radius 2 is 1.96 bits per heavy atom. The van der Waals surface area contributed by atoms with E-state index in [2.05, 4.69) is 32.5 Å². The summed E-state index contributed by atoms with van der Waals surface area (Å²) in [4.78, 5) is 25.7. The Labute approximate surface area is 163 Å². The first kappa shape index (κ1) is 18.5. The van der Waals surface area contributed by atoms with Gasteiger partial charge in [-0.15, -0.1) is 0 Å². The van der Waals surface area contributed by atoms with E-state index in [1.54, 1.807) is 13.1 Å². The summed E-state index contributed by atoms with van der Waals surface area (Å²) in [7, 11) is 0. The van der Waals surface area contributed by atoms with Gasteiger partial charge in [0.2, 0.25) is 11.6 Å². The summed E-state index contributed by atoms with van der Waals surface area (Å²) in [5, 5.41) is 6.89. The first-order valence-electron chi connectivity index (χ1n) is 9.42. The SMILES string of the molecule is Cc1oc2ncnc(NC3(C)CC3)c2c1C(=O)NCc1ncc(C(C)(C)C)o1. The van der Waals surface area contributed by atoms with Crippen LogP contribution < -0.4 is 10.6 Å². The number of amides is 1. The van der Waals surface area contributed by atoms with E-state index in [0.717, 1.165) is 18.6 Å². The molecule has 3 heterocycles. The molecule has 0 aromatic carbocycles. The molecule has 148 valence electrons. The van der Waals surface area contributed by atoms with Crippen LogP contribution in [0.2, 0.25) is 0 Å². The number of hydrogen-bond donors (Lipinski definition) is 2. The Morgan fingerprint density at radius 1 is 1.21 bits per heavy atom. The highest BCUT2D eigenvalue weighted by atomic mass is 16.4. The van der Waals surface area contributed by atoms with Gasteiger partial charge in [-0.1, -0.05) is 20.8 Å². The highest BCUT2D eigenvalue weighted by Crippen LogP contribution is 2.40. The fourth-order valence-corrected chi connectivity index (χ4v) is 2.99. The van der Waals surface area contributed by atoms with E-state index >= 15 is 0 Å². The topological polar surface area (TPSA) is 106 Å². The van der Waals surface area contributed by atoms with Crippen LogP contribution >= 0.6 is 0 Å². The number of rotatable bonds is 5. The van der Waals surface area contributed by atoms with E-state index in [0.29, 0.717) is 34.1 Å². The largest absolute Gasteiger partial charge is 0.443 e. The molecule has 0 bridgehead atoms. The Kier molecular flexibility index (Phi) is 4.17. The zero-order valence-corrected chi connectivity index (χ0v) is 16.8. The Hall–Kier alpha value is -2.90. The van der Waals surface area contributed by atoms with Crippen LogP contribution in [0.3, 0.4) is 0 Å². The number of aromatic nitrogens is 3. The van der Waals surface area contributed by atoms with Crippen molar-refractivity contribution in [3.63, 3.8) is 0 Å². The molecule has 8 nitrogen and oxygen atoms in total. The number of fused-ring (bicyclic) bond motifs is 1. The van der Waals surface area contributed by atoms with Crippen LogP contribution in [0.4, 0.5) is 5.82 Å². The van der Waals surface area contributed by atoms with Crippen molar-refractivity contribution in [1.82, 2.24) is 20.3 Å². The molecule has 0 radical (unpaired) electrons. The van der Waals surface area contributed by atoms with E-state index in [-0.39, 0.29) is 23.4 Å². The normalized spacial score (nSPS) is 15.6. The minimum Gasteiger partial charge on any atom is -0.443 e. The van der Waals surface area contributed by atoms with Crippen LogP contribution in [0.1, 0.15) is 68.3 Å². The minimum atomic E-state index is -0.273. The average molecular weight is 383 g/mol. The molecular formula is C20H25N5O3. The molecule has 1 fully saturated rings. The van der Waals surface area contributed by atoms with E-state index in [4.69, 9.17) is 8.83 Å². The van der Waals surface area contributed by atoms with Crippen molar-refractivity contribution in [2.45, 2.75) is 65.0 Å². The smallest absolute Gasteiger partial charge is 0.256 e. The summed E-state index contributed by atoms with van der Waals surface area (Å²) in [5.41, 5.74) is 0.714. The number of furan rings is 1. The molecule has 0 saturated heterocycles. The van der Waals surface area contributed by atoms with Crippen molar-refractivity contribution in [3.05, 3.63) is 35.5 Å². The van der Waals surface area contributed by atoms with Gasteiger partial charge in [-0.05, 0) is 26.7 Å². The lowest BCUT2D eigenvalue weighted by Crippen LogP contribution is -2.24. The second-order valence-corrected chi connectivity index (χ2v) is 8.67. The monoisotopic (exact) mass is 383 g/mol. The van der Waals surface area contributed by atoms with E-state index in [1.165, 1.54) is 6.33 Å². The van der Waals surface area contributed by atoms with Crippen LogP contribution in [0, 0.1) is 6.92 Å². The third kappa shape index (κ3) is 3.46. The molecule has 0 spiro atoms. The van der Waals surface area contributed by atoms with E-state index < -0.39 is 0 Å². The van der Waals surface area contributed by atoms with Gasteiger partial charge in [-0.3, -0.25) is 4.79 Å². The average Bonchev–Trinajstić information content (AvgIpc) is 3.04. The summed E-state index contributed by atoms with van der Waals surface area (Å²) in [6, 6.07) is 0. The number of oxazole rings is 1. The fraction of sp³-hybridized carbons (Fsp3) is 0.500. The molecule has 0 unspecified atom stereocenters. The number of anilines is 1. The summed E-state index contributed by atoms with van der Waals surface area (Å²) in [6.07, 6.45) is 5.28. The third-order valence-corrected chi connectivity index (χ3v) is 5.00. The number of aryl methyl sites for hydroxylation is 1. The molecule has 1 amide bonds. The second kappa shape index (κ2) is 6.32. The van der Waals surface area contributed by atoms with Crippen molar-refractivity contribution in [1.29, 1.82) is 0 Å². The van der Waals surface area contributed by atoms with E-state index in [9.17, 15) is 4.79 Å².